The van der Waals surface area contributed by atoms with Gasteiger partial charge in [-0.25, -0.2) is 4.68 Å². The molecule has 1 aliphatic rings. The van der Waals surface area contributed by atoms with Crippen molar-refractivity contribution < 1.29 is 9.59 Å². The van der Waals surface area contributed by atoms with Gasteiger partial charge in [-0.1, -0.05) is 54.1 Å². The number of carbonyl (C=O) groups is 2. The first kappa shape index (κ1) is 25.6. The molecule has 2 amide bonds. The molecule has 0 saturated heterocycles. The van der Waals surface area contributed by atoms with Crippen LogP contribution in [0.5, 0.6) is 0 Å². The van der Waals surface area contributed by atoms with E-state index < -0.39 is 0 Å². The maximum atomic E-state index is 13.7. The molecule has 190 valence electrons. The Balaban J connectivity index is 1.81. The molecule has 37 heavy (non-hydrogen) atoms. The second-order valence-corrected chi connectivity index (χ2v) is 11.6. The predicted octanol–water partition coefficient (Wildman–Crippen LogP) is 6.26. The van der Waals surface area contributed by atoms with E-state index >= 15 is 0 Å². The number of para-hydroxylation sites is 1. The van der Waals surface area contributed by atoms with Crippen LogP contribution in [0.3, 0.4) is 0 Å². The second-order valence-electron chi connectivity index (χ2n) is 9.18. The van der Waals surface area contributed by atoms with Gasteiger partial charge in [0.25, 0.3) is 0 Å². The minimum Gasteiger partial charge on any atom is -0.352 e. The third kappa shape index (κ3) is 5.06. The number of halogens is 1. The van der Waals surface area contributed by atoms with Crippen molar-refractivity contribution in [3.63, 3.8) is 0 Å². The molecule has 0 unspecified atom stereocenters. The van der Waals surface area contributed by atoms with Gasteiger partial charge in [0, 0.05) is 16.6 Å². The van der Waals surface area contributed by atoms with Crippen molar-refractivity contribution >= 4 is 52.3 Å². The Bertz CT molecular complexity index is 1450. The summed E-state index contributed by atoms with van der Waals surface area (Å²) >= 11 is 9.83. The summed E-state index contributed by atoms with van der Waals surface area (Å²) < 4.78 is 1.83. The molecule has 2 aromatic heterocycles. The molecule has 0 bridgehead atoms. The third-order valence-corrected chi connectivity index (χ3v) is 8.58. The molecule has 4 aromatic rings. The summed E-state index contributed by atoms with van der Waals surface area (Å²) in [5, 5.41) is 10.4. The van der Waals surface area contributed by atoms with Crippen LogP contribution in [-0.4, -0.2) is 39.9 Å². The predicted molar refractivity (Wildman–Crippen MR) is 153 cm³/mol. The van der Waals surface area contributed by atoms with Gasteiger partial charge in [0.05, 0.1) is 21.6 Å². The van der Waals surface area contributed by atoms with E-state index in [-0.39, 0.29) is 35.4 Å². The zero-order valence-corrected chi connectivity index (χ0v) is 23.2. The number of rotatable bonds is 6. The van der Waals surface area contributed by atoms with Crippen molar-refractivity contribution in [3.8, 4) is 16.3 Å². The molecule has 0 spiro atoms. The van der Waals surface area contributed by atoms with Gasteiger partial charge in [0.15, 0.2) is 0 Å². The zero-order chi connectivity index (χ0) is 26.1. The Morgan fingerprint density at radius 3 is 2.59 bits per heavy atom. The third-order valence-electron chi connectivity index (χ3n) is 6.13. The Morgan fingerprint density at radius 2 is 1.89 bits per heavy atom. The number of amides is 2. The fourth-order valence-corrected chi connectivity index (χ4v) is 6.79. The van der Waals surface area contributed by atoms with Gasteiger partial charge >= 0.3 is 0 Å². The number of aryl methyl sites for hydroxylation is 1. The van der Waals surface area contributed by atoms with Crippen LogP contribution in [0.25, 0.3) is 16.3 Å². The van der Waals surface area contributed by atoms with Gasteiger partial charge in [-0.3, -0.25) is 14.5 Å². The molecule has 1 N–H and O–H groups in total. The van der Waals surface area contributed by atoms with E-state index in [1.54, 1.807) is 16.2 Å². The van der Waals surface area contributed by atoms with Crippen LogP contribution in [0.15, 0.2) is 66.0 Å². The number of thiophene rings is 1. The first-order valence-electron chi connectivity index (χ1n) is 12.0. The molecule has 1 aliphatic heterocycles. The molecule has 6 nitrogen and oxygen atoms in total. The number of aromatic nitrogens is 2. The minimum absolute atomic E-state index is 0.0396. The lowest BCUT2D eigenvalue weighted by Crippen LogP contribution is -2.44. The zero-order valence-electron chi connectivity index (χ0n) is 20.8. The molecular weight excluding hydrogens is 524 g/mol. The summed E-state index contributed by atoms with van der Waals surface area (Å²) in [6.07, 6.45) is 0. The summed E-state index contributed by atoms with van der Waals surface area (Å²) in [7, 11) is 0. The lowest BCUT2D eigenvalue weighted by Gasteiger charge is -2.24. The summed E-state index contributed by atoms with van der Waals surface area (Å²) in [5.74, 6) is 0.450. The summed E-state index contributed by atoms with van der Waals surface area (Å²) in [5.41, 5.74) is 4.45. The van der Waals surface area contributed by atoms with E-state index in [0.29, 0.717) is 10.8 Å². The quantitative estimate of drug-likeness (QED) is 0.308. The molecule has 9 heteroatoms. The highest BCUT2D eigenvalue weighted by molar-refractivity contribution is 8.00. The van der Waals surface area contributed by atoms with Crippen molar-refractivity contribution in [2.45, 2.75) is 32.1 Å². The van der Waals surface area contributed by atoms with E-state index in [1.165, 1.54) is 11.8 Å². The standard InChI is InChI=1S/C28H27ClN4O2S2/c1-17(2)30-23(34)15-32-24(35)16-37-27(19-10-5-6-11-20(19)29)25-26(22-13-8-14-36-22)31-33(28(25)32)21-12-7-4-9-18(21)3/h4-14,17,27H,15-16H2,1-3H3,(H,30,34)/t27-/m0/s1. The maximum absolute atomic E-state index is 13.7. The largest absolute Gasteiger partial charge is 0.352 e. The lowest BCUT2D eigenvalue weighted by molar-refractivity contribution is -0.123. The van der Waals surface area contributed by atoms with Crippen molar-refractivity contribution in [3.05, 3.63) is 87.8 Å². The number of anilines is 1. The van der Waals surface area contributed by atoms with E-state index in [9.17, 15) is 9.59 Å². The average Bonchev–Trinajstić information content (AvgIpc) is 3.49. The Morgan fingerprint density at radius 1 is 1.14 bits per heavy atom. The normalized spacial score (nSPS) is 15.5. The SMILES string of the molecule is Cc1ccccc1-n1nc(-c2cccs2)c2c1N(CC(=O)NC(C)C)C(=O)CS[C@H]2c1ccccc1Cl. The van der Waals surface area contributed by atoms with Crippen LogP contribution >= 0.6 is 34.7 Å². The fraction of sp³-hybridized carbons (Fsp3) is 0.250. The number of hydrogen-bond acceptors (Lipinski definition) is 5. The van der Waals surface area contributed by atoms with Gasteiger partial charge in [-0.15, -0.1) is 23.1 Å². The lowest BCUT2D eigenvalue weighted by atomic mass is 10.0. The molecule has 0 aliphatic carbocycles. The van der Waals surface area contributed by atoms with Gasteiger partial charge in [-0.05, 0) is 55.5 Å². The Hall–Kier alpha value is -3.07. The van der Waals surface area contributed by atoms with E-state index in [0.717, 1.165) is 32.9 Å². The first-order chi connectivity index (χ1) is 17.8. The highest BCUT2D eigenvalue weighted by Crippen LogP contribution is 2.50. The van der Waals surface area contributed by atoms with Gasteiger partial charge in [0.1, 0.15) is 18.1 Å². The molecule has 0 saturated carbocycles. The highest BCUT2D eigenvalue weighted by atomic mass is 35.5. The van der Waals surface area contributed by atoms with Crippen molar-refractivity contribution in [1.29, 1.82) is 0 Å². The molecule has 3 heterocycles. The summed E-state index contributed by atoms with van der Waals surface area (Å²) in [6.45, 7) is 5.73. The number of fused-ring (bicyclic) bond motifs is 1. The second kappa shape index (κ2) is 10.7. The van der Waals surface area contributed by atoms with E-state index in [1.807, 2.05) is 91.5 Å². The molecular formula is C28H27ClN4O2S2. The van der Waals surface area contributed by atoms with Crippen molar-refractivity contribution in [2.24, 2.45) is 0 Å². The van der Waals surface area contributed by atoms with Gasteiger partial charge < -0.3 is 5.32 Å². The van der Waals surface area contributed by atoms with Gasteiger partial charge in [0.2, 0.25) is 11.8 Å². The van der Waals surface area contributed by atoms with Crippen LogP contribution in [0.2, 0.25) is 5.02 Å². The average molecular weight is 551 g/mol. The van der Waals surface area contributed by atoms with E-state index in [2.05, 4.69) is 5.32 Å². The van der Waals surface area contributed by atoms with E-state index in [4.69, 9.17) is 16.7 Å². The Kier molecular flexibility index (Phi) is 7.42. The first-order valence-corrected chi connectivity index (χ1v) is 14.3. The van der Waals surface area contributed by atoms with Crippen LogP contribution < -0.4 is 10.2 Å². The van der Waals surface area contributed by atoms with Crippen LogP contribution in [0.1, 0.15) is 35.8 Å². The molecule has 0 radical (unpaired) electrons. The Labute approximate surface area is 229 Å². The number of nitrogens with zero attached hydrogens (tertiary/aromatic N) is 3. The highest BCUT2D eigenvalue weighted by Gasteiger charge is 2.38. The number of hydrogen-bond donors (Lipinski definition) is 1. The smallest absolute Gasteiger partial charge is 0.240 e. The summed E-state index contributed by atoms with van der Waals surface area (Å²) in [6, 6.07) is 19.6. The van der Waals surface area contributed by atoms with Crippen molar-refractivity contribution in [1.82, 2.24) is 15.1 Å². The monoisotopic (exact) mass is 550 g/mol. The van der Waals surface area contributed by atoms with Crippen LogP contribution in [0, 0.1) is 6.92 Å². The number of thioether (sulfide) groups is 1. The molecule has 1 atom stereocenters. The van der Waals surface area contributed by atoms with Gasteiger partial charge in [-0.2, -0.15) is 5.10 Å². The number of nitrogens with one attached hydrogen (secondary N) is 1. The van der Waals surface area contributed by atoms with Crippen LogP contribution in [0.4, 0.5) is 5.82 Å². The topological polar surface area (TPSA) is 67.2 Å². The molecule has 5 rings (SSSR count). The molecule has 0 fully saturated rings. The minimum atomic E-state index is -0.249. The maximum Gasteiger partial charge on any atom is 0.240 e. The fourth-order valence-electron chi connectivity index (χ4n) is 4.53. The number of benzene rings is 2. The number of carbonyl (C=O) groups excluding carboxylic acids is 2. The molecule has 2 aromatic carbocycles. The summed E-state index contributed by atoms with van der Waals surface area (Å²) in [4.78, 5) is 29.2. The van der Waals surface area contributed by atoms with Crippen LogP contribution in [-0.2, 0) is 9.59 Å². The van der Waals surface area contributed by atoms with Crippen molar-refractivity contribution in [2.75, 3.05) is 17.2 Å².